The Hall–Kier alpha value is -1.58. The van der Waals surface area contributed by atoms with Gasteiger partial charge in [-0.2, -0.15) is 0 Å². The summed E-state index contributed by atoms with van der Waals surface area (Å²) >= 11 is 0. The Balaban J connectivity index is 2.62. The van der Waals surface area contributed by atoms with Crippen molar-refractivity contribution in [1.29, 1.82) is 0 Å². The van der Waals surface area contributed by atoms with Gasteiger partial charge in [-0.3, -0.25) is 4.98 Å². The molecular weight excluding hydrogens is 180 g/mol. The quantitative estimate of drug-likeness (QED) is 0.675. The maximum Gasteiger partial charge on any atom is 0.347 e. The van der Waals surface area contributed by atoms with Crippen molar-refractivity contribution in [2.24, 2.45) is 0 Å². The van der Waals surface area contributed by atoms with Gasteiger partial charge in [0.05, 0.1) is 5.56 Å². The SMILES string of the molecule is CC1=CC(C)(C)Oc2[nH]c(=O)ncc21. The van der Waals surface area contributed by atoms with Gasteiger partial charge < -0.3 is 4.74 Å². The minimum absolute atomic E-state index is 0.374. The molecule has 0 unspecified atom stereocenters. The average molecular weight is 192 g/mol. The lowest BCUT2D eigenvalue weighted by atomic mass is 9.99. The van der Waals surface area contributed by atoms with Gasteiger partial charge in [-0.25, -0.2) is 9.78 Å². The van der Waals surface area contributed by atoms with Crippen LogP contribution < -0.4 is 10.4 Å². The Morgan fingerprint density at radius 2 is 2.21 bits per heavy atom. The Labute approximate surface area is 81.6 Å². The molecule has 2 rings (SSSR count). The van der Waals surface area contributed by atoms with Gasteiger partial charge in [0.1, 0.15) is 5.60 Å². The fourth-order valence-electron chi connectivity index (χ4n) is 1.63. The van der Waals surface area contributed by atoms with Gasteiger partial charge in [0.2, 0.25) is 5.88 Å². The molecule has 4 heteroatoms. The second-order valence-corrected chi connectivity index (χ2v) is 3.96. The highest BCUT2D eigenvalue weighted by atomic mass is 16.5. The fraction of sp³-hybridized carbons (Fsp3) is 0.400. The number of nitrogens with zero attached hydrogens (tertiary/aromatic N) is 1. The van der Waals surface area contributed by atoms with Crippen LogP contribution in [0.2, 0.25) is 0 Å². The largest absolute Gasteiger partial charge is 0.468 e. The van der Waals surface area contributed by atoms with Crippen LogP contribution in [0.25, 0.3) is 5.57 Å². The maximum absolute atomic E-state index is 11.0. The molecule has 1 aliphatic heterocycles. The van der Waals surface area contributed by atoms with E-state index in [1.165, 1.54) is 6.20 Å². The van der Waals surface area contributed by atoms with Crippen LogP contribution in [0.15, 0.2) is 17.1 Å². The monoisotopic (exact) mass is 192 g/mol. The van der Waals surface area contributed by atoms with Gasteiger partial charge in [-0.05, 0) is 32.4 Å². The summed E-state index contributed by atoms with van der Waals surface area (Å²) in [7, 11) is 0. The molecule has 74 valence electrons. The number of hydrogen-bond acceptors (Lipinski definition) is 3. The first kappa shape index (κ1) is 8.99. The number of rotatable bonds is 0. The number of hydrogen-bond donors (Lipinski definition) is 1. The molecule has 1 aromatic heterocycles. The molecule has 1 N–H and O–H groups in total. The summed E-state index contributed by atoms with van der Waals surface area (Å²) in [6, 6.07) is 0. The third-order valence-electron chi connectivity index (χ3n) is 2.13. The van der Waals surface area contributed by atoms with E-state index in [2.05, 4.69) is 9.97 Å². The first-order valence-corrected chi connectivity index (χ1v) is 4.46. The van der Waals surface area contributed by atoms with Crippen molar-refractivity contribution in [3.8, 4) is 5.88 Å². The molecule has 0 aliphatic carbocycles. The predicted molar refractivity (Wildman–Crippen MR) is 53.2 cm³/mol. The van der Waals surface area contributed by atoms with E-state index in [0.717, 1.165) is 11.1 Å². The Kier molecular flexibility index (Phi) is 1.74. The number of nitrogens with one attached hydrogen (secondary N) is 1. The van der Waals surface area contributed by atoms with Crippen molar-refractivity contribution in [2.75, 3.05) is 0 Å². The first-order valence-electron chi connectivity index (χ1n) is 4.46. The predicted octanol–water partition coefficient (Wildman–Crippen LogP) is 1.34. The zero-order chi connectivity index (χ0) is 10.3. The second-order valence-electron chi connectivity index (χ2n) is 3.96. The lowest BCUT2D eigenvalue weighted by molar-refractivity contribution is 0.149. The molecule has 0 spiro atoms. The van der Waals surface area contributed by atoms with Gasteiger partial charge in [-0.15, -0.1) is 0 Å². The molecule has 0 radical (unpaired) electrons. The topological polar surface area (TPSA) is 55.0 Å². The number of H-pyrrole nitrogens is 1. The summed E-state index contributed by atoms with van der Waals surface area (Å²) in [4.78, 5) is 17.2. The molecule has 1 aliphatic rings. The van der Waals surface area contributed by atoms with Crippen LogP contribution in [0.5, 0.6) is 5.88 Å². The third-order valence-corrected chi connectivity index (χ3v) is 2.13. The molecule has 2 heterocycles. The molecule has 0 saturated carbocycles. The molecule has 0 bridgehead atoms. The molecule has 1 aromatic rings. The van der Waals surface area contributed by atoms with E-state index >= 15 is 0 Å². The number of aromatic amines is 1. The summed E-state index contributed by atoms with van der Waals surface area (Å²) in [5.41, 5.74) is 1.17. The molecule has 0 amide bonds. The lowest BCUT2D eigenvalue weighted by Gasteiger charge is -2.28. The Bertz CT molecular complexity index is 457. The fourth-order valence-corrected chi connectivity index (χ4v) is 1.63. The van der Waals surface area contributed by atoms with Crippen molar-refractivity contribution < 1.29 is 4.74 Å². The Morgan fingerprint density at radius 3 is 2.93 bits per heavy atom. The number of aromatic nitrogens is 2. The minimum atomic E-state index is -0.380. The number of fused-ring (bicyclic) bond motifs is 1. The van der Waals surface area contributed by atoms with Gasteiger partial charge >= 0.3 is 5.69 Å². The van der Waals surface area contributed by atoms with Crippen LogP contribution in [-0.4, -0.2) is 15.6 Å². The van der Waals surface area contributed by atoms with Crippen molar-refractivity contribution in [3.05, 3.63) is 28.3 Å². The summed E-state index contributed by atoms with van der Waals surface area (Å²) in [6.07, 6.45) is 3.55. The maximum atomic E-state index is 11.0. The van der Waals surface area contributed by atoms with Crippen LogP contribution in [0.4, 0.5) is 0 Å². The van der Waals surface area contributed by atoms with Crippen LogP contribution >= 0.6 is 0 Å². The van der Waals surface area contributed by atoms with E-state index in [4.69, 9.17) is 4.74 Å². The number of ether oxygens (including phenoxy) is 1. The molecule has 0 saturated heterocycles. The van der Waals surface area contributed by atoms with E-state index in [9.17, 15) is 4.79 Å². The molecule has 0 aromatic carbocycles. The molecular formula is C10H12N2O2. The Morgan fingerprint density at radius 1 is 1.50 bits per heavy atom. The second kappa shape index (κ2) is 2.70. The third kappa shape index (κ3) is 1.43. The van der Waals surface area contributed by atoms with Crippen LogP contribution in [0.3, 0.4) is 0 Å². The van der Waals surface area contributed by atoms with E-state index < -0.39 is 0 Å². The summed E-state index contributed by atoms with van der Waals surface area (Å²) in [6.45, 7) is 5.86. The minimum Gasteiger partial charge on any atom is -0.468 e. The molecule has 4 nitrogen and oxygen atoms in total. The average Bonchev–Trinajstić information content (AvgIpc) is 2.00. The smallest absolute Gasteiger partial charge is 0.347 e. The van der Waals surface area contributed by atoms with Gasteiger partial charge in [0, 0.05) is 6.20 Å². The number of allylic oxidation sites excluding steroid dienone is 1. The first-order chi connectivity index (χ1) is 6.48. The van der Waals surface area contributed by atoms with E-state index in [0.29, 0.717) is 5.88 Å². The normalized spacial score (nSPS) is 18.1. The van der Waals surface area contributed by atoms with E-state index in [-0.39, 0.29) is 11.3 Å². The standard InChI is InChI=1S/C10H12N2O2/c1-6-4-10(2,3)14-8-7(6)5-11-9(13)12-8/h4-5H,1-3H3,(H,11,12,13). The zero-order valence-electron chi connectivity index (χ0n) is 8.42. The van der Waals surface area contributed by atoms with Crippen LogP contribution in [-0.2, 0) is 0 Å². The summed E-state index contributed by atoms with van der Waals surface area (Å²) in [5, 5.41) is 0. The van der Waals surface area contributed by atoms with Crippen molar-refractivity contribution in [3.63, 3.8) is 0 Å². The van der Waals surface area contributed by atoms with Gasteiger partial charge in [0.15, 0.2) is 0 Å². The van der Waals surface area contributed by atoms with Gasteiger partial charge in [-0.1, -0.05) is 0 Å². The highest BCUT2D eigenvalue weighted by Crippen LogP contribution is 2.32. The highest BCUT2D eigenvalue weighted by molar-refractivity contribution is 5.69. The van der Waals surface area contributed by atoms with Crippen molar-refractivity contribution in [1.82, 2.24) is 9.97 Å². The summed E-state index contributed by atoms with van der Waals surface area (Å²) in [5.74, 6) is 0.509. The van der Waals surface area contributed by atoms with Crippen molar-refractivity contribution >= 4 is 5.57 Å². The summed E-state index contributed by atoms with van der Waals surface area (Å²) < 4.78 is 5.60. The molecule has 14 heavy (non-hydrogen) atoms. The van der Waals surface area contributed by atoms with E-state index in [1.807, 2.05) is 26.8 Å². The molecule has 0 fully saturated rings. The van der Waals surface area contributed by atoms with Gasteiger partial charge in [0.25, 0.3) is 0 Å². The van der Waals surface area contributed by atoms with E-state index in [1.54, 1.807) is 0 Å². The van der Waals surface area contributed by atoms with Crippen LogP contribution in [0, 0.1) is 0 Å². The highest BCUT2D eigenvalue weighted by Gasteiger charge is 2.25. The zero-order valence-corrected chi connectivity index (χ0v) is 8.42. The lowest BCUT2D eigenvalue weighted by Crippen LogP contribution is -2.30. The molecule has 0 atom stereocenters. The van der Waals surface area contributed by atoms with Crippen LogP contribution in [0.1, 0.15) is 26.3 Å². The van der Waals surface area contributed by atoms with Crippen molar-refractivity contribution in [2.45, 2.75) is 26.4 Å².